The molecule has 1 fully saturated rings. The van der Waals surface area contributed by atoms with Crippen molar-refractivity contribution in [1.82, 2.24) is 0 Å². The molecule has 0 atom stereocenters. The molecule has 1 rings (SSSR count). The van der Waals surface area contributed by atoms with Crippen molar-refractivity contribution in [3.05, 3.63) is 0 Å². The Balaban J connectivity index is 2.42. The highest BCUT2D eigenvalue weighted by Crippen LogP contribution is 2.68. The van der Waals surface area contributed by atoms with Gasteiger partial charge in [0, 0.05) is 12.5 Å². The predicted molar refractivity (Wildman–Crippen MR) is 57.2 cm³/mol. The third kappa shape index (κ3) is 1.72. The maximum Gasteiger partial charge on any atom is 0.162 e. The third-order valence-electron chi connectivity index (χ3n) is 3.94. The average Bonchev–Trinajstić information content (AvgIpc) is 2.43. The fraction of sp³-hybridized carbons (Fsp3) is 0.917. The molecule has 0 bridgehead atoms. The Morgan fingerprint density at radius 3 is 2.07 bits per heavy atom. The molecule has 0 amide bonds. The fourth-order valence-corrected chi connectivity index (χ4v) is 2.40. The lowest BCUT2D eigenvalue weighted by atomic mass is 10.0. The number of ketones is 1. The van der Waals surface area contributed by atoms with Gasteiger partial charge in [-0.15, -0.1) is 0 Å². The quantitative estimate of drug-likeness (QED) is 0.635. The van der Waals surface area contributed by atoms with Gasteiger partial charge in [-0.05, 0) is 17.3 Å². The molecule has 1 aliphatic carbocycles. The topological polar surface area (TPSA) is 26.3 Å². The van der Waals surface area contributed by atoms with Crippen LogP contribution in [-0.4, -0.2) is 19.0 Å². The van der Waals surface area contributed by atoms with Crippen LogP contribution in [0, 0.1) is 16.7 Å². The molecule has 82 valence electrons. The van der Waals surface area contributed by atoms with Crippen molar-refractivity contribution >= 4 is 5.78 Å². The maximum atomic E-state index is 11.8. The number of hydrogen-bond acceptors (Lipinski definition) is 2. The Kier molecular flexibility index (Phi) is 3.05. The van der Waals surface area contributed by atoms with Gasteiger partial charge >= 0.3 is 0 Å². The second-order valence-corrected chi connectivity index (χ2v) is 5.40. The molecule has 0 spiro atoms. The molecule has 0 saturated heterocycles. The number of hydrogen-bond donors (Lipinski definition) is 0. The molecule has 1 saturated carbocycles. The molecule has 0 unspecified atom stereocenters. The largest absolute Gasteiger partial charge is 0.374 e. The summed E-state index contributed by atoms with van der Waals surface area (Å²) in [4.78, 5) is 11.8. The Labute approximate surface area is 87.0 Å². The van der Waals surface area contributed by atoms with Gasteiger partial charge in [0.2, 0.25) is 0 Å². The molecule has 0 heterocycles. The standard InChI is InChI=1S/C12H22O2/c1-6-7-14-8-9(13)10-11(2,3)12(10,4)5/h10H,6-8H2,1-5H3. The second-order valence-electron chi connectivity index (χ2n) is 5.40. The van der Waals surface area contributed by atoms with Gasteiger partial charge in [0.05, 0.1) is 0 Å². The smallest absolute Gasteiger partial charge is 0.162 e. The Hall–Kier alpha value is -0.370. The summed E-state index contributed by atoms with van der Waals surface area (Å²) in [5.74, 6) is 0.459. The zero-order valence-electron chi connectivity index (χ0n) is 10.0. The molecule has 1 aliphatic rings. The van der Waals surface area contributed by atoms with Crippen molar-refractivity contribution in [2.45, 2.75) is 41.0 Å². The summed E-state index contributed by atoms with van der Waals surface area (Å²) in [6, 6.07) is 0. The lowest BCUT2D eigenvalue weighted by Gasteiger charge is -2.03. The molecule has 0 aromatic carbocycles. The van der Waals surface area contributed by atoms with E-state index < -0.39 is 0 Å². The van der Waals surface area contributed by atoms with Crippen molar-refractivity contribution in [3.63, 3.8) is 0 Å². The van der Waals surface area contributed by atoms with Crippen molar-refractivity contribution < 1.29 is 9.53 Å². The van der Waals surface area contributed by atoms with Gasteiger partial charge in [-0.3, -0.25) is 4.79 Å². The number of carbonyl (C=O) groups is 1. The Bertz CT molecular complexity index is 214. The first kappa shape index (κ1) is 11.7. The first-order valence-corrected chi connectivity index (χ1v) is 5.46. The molecule has 0 aliphatic heterocycles. The van der Waals surface area contributed by atoms with E-state index in [-0.39, 0.29) is 22.5 Å². The normalized spacial score (nSPS) is 23.5. The van der Waals surface area contributed by atoms with Gasteiger partial charge in [0.25, 0.3) is 0 Å². The van der Waals surface area contributed by atoms with Crippen LogP contribution in [-0.2, 0) is 9.53 Å². The highest BCUT2D eigenvalue weighted by molar-refractivity contribution is 5.87. The van der Waals surface area contributed by atoms with Crippen LogP contribution in [0.2, 0.25) is 0 Å². The first-order chi connectivity index (χ1) is 6.35. The first-order valence-electron chi connectivity index (χ1n) is 5.46. The van der Waals surface area contributed by atoms with E-state index in [1.54, 1.807) is 0 Å². The monoisotopic (exact) mass is 198 g/mol. The van der Waals surface area contributed by atoms with E-state index in [1.165, 1.54) is 0 Å². The van der Waals surface area contributed by atoms with Crippen LogP contribution < -0.4 is 0 Å². The van der Waals surface area contributed by atoms with Crippen molar-refractivity contribution in [2.24, 2.45) is 16.7 Å². The molecular weight excluding hydrogens is 176 g/mol. The second kappa shape index (κ2) is 3.65. The molecule has 0 N–H and O–H groups in total. The van der Waals surface area contributed by atoms with Crippen LogP contribution in [0.15, 0.2) is 0 Å². The minimum atomic E-state index is 0.152. The van der Waals surface area contributed by atoms with Gasteiger partial charge in [-0.2, -0.15) is 0 Å². The molecule has 2 heteroatoms. The molecular formula is C12H22O2. The van der Waals surface area contributed by atoms with Crippen LogP contribution >= 0.6 is 0 Å². The van der Waals surface area contributed by atoms with Crippen molar-refractivity contribution in [2.75, 3.05) is 13.2 Å². The molecule has 2 nitrogen and oxygen atoms in total. The number of ether oxygens (including phenoxy) is 1. The van der Waals surface area contributed by atoms with Crippen LogP contribution in [0.4, 0.5) is 0 Å². The van der Waals surface area contributed by atoms with Gasteiger partial charge in [-0.1, -0.05) is 34.6 Å². The minimum Gasteiger partial charge on any atom is -0.374 e. The zero-order chi connectivity index (χ0) is 11.0. The number of carbonyl (C=O) groups excluding carboxylic acids is 1. The van der Waals surface area contributed by atoms with Crippen molar-refractivity contribution in [3.8, 4) is 0 Å². The van der Waals surface area contributed by atoms with Crippen LogP contribution in [0.5, 0.6) is 0 Å². The average molecular weight is 198 g/mol. The summed E-state index contributed by atoms with van der Waals surface area (Å²) in [7, 11) is 0. The summed E-state index contributed by atoms with van der Waals surface area (Å²) in [6.07, 6.45) is 0.977. The molecule has 14 heavy (non-hydrogen) atoms. The zero-order valence-corrected chi connectivity index (χ0v) is 10.0. The third-order valence-corrected chi connectivity index (χ3v) is 3.94. The van der Waals surface area contributed by atoms with E-state index in [9.17, 15) is 4.79 Å². The van der Waals surface area contributed by atoms with E-state index >= 15 is 0 Å². The van der Waals surface area contributed by atoms with Gasteiger partial charge in [0.15, 0.2) is 5.78 Å². The predicted octanol–water partition coefficient (Wildman–Crippen LogP) is 2.66. The Morgan fingerprint density at radius 1 is 1.21 bits per heavy atom. The van der Waals surface area contributed by atoms with Crippen LogP contribution in [0.1, 0.15) is 41.0 Å². The summed E-state index contributed by atoms with van der Waals surface area (Å²) >= 11 is 0. The molecule has 0 radical (unpaired) electrons. The van der Waals surface area contributed by atoms with E-state index in [0.717, 1.165) is 6.42 Å². The van der Waals surface area contributed by atoms with Crippen molar-refractivity contribution in [1.29, 1.82) is 0 Å². The fourth-order valence-electron chi connectivity index (χ4n) is 2.40. The summed E-state index contributed by atoms with van der Waals surface area (Å²) in [6.45, 7) is 11.7. The Morgan fingerprint density at radius 2 is 1.71 bits per heavy atom. The van der Waals surface area contributed by atoms with E-state index in [4.69, 9.17) is 4.74 Å². The van der Waals surface area contributed by atoms with Crippen LogP contribution in [0.25, 0.3) is 0 Å². The molecule has 0 aromatic heterocycles. The number of rotatable bonds is 5. The van der Waals surface area contributed by atoms with E-state index in [0.29, 0.717) is 13.2 Å². The summed E-state index contributed by atoms with van der Waals surface area (Å²) in [5.41, 5.74) is 0.305. The SMILES string of the molecule is CCCOCC(=O)C1C(C)(C)C1(C)C. The lowest BCUT2D eigenvalue weighted by molar-refractivity contribution is -0.126. The van der Waals surface area contributed by atoms with Gasteiger partial charge in [-0.25, -0.2) is 0 Å². The highest BCUT2D eigenvalue weighted by Gasteiger charge is 2.67. The highest BCUT2D eigenvalue weighted by atomic mass is 16.5. The molecule has 0 aromatic rings. The van der Waals surface area contributed by atoms with E-state index in [2.05, 4.69) is 34.6 Å². The summed E-state index contributed by atoms with van der Waals surface area (Å²) in [5, 5.41) is 0. The van der Waals surface area contributed by atoms with Gasteiger partial charge < -0.3 is 4.74 Å². The van der Waals surface area contributed by atoms with E-state index in [1.807, 2.05) is 0 Å². The lowest BCUT2D eigenvalue weighted by Crippen LogP contribution is -2.14. The maximum absolute atomic E-state index is 11.8. The van der Waals surface area contributed by atoms with Gasteiger partial charge in [0.1, 0.15) is 6.61 Å². The van der Waals surface area contributed by atoms with Crippen LogP contribution in [0.3, 0.4) is 0 Å². The number of Topliss-reactive ketones (excluding diaryl/α,β-unsaturated/α-hetero) is 1. The minimum absolute atomic E-state index is 0.152. The summed E-state index contributed by atoms with van der Waals surface area (Å²) < 4.78 is 5.28.